The van der Waals surface area contributed by atoms with Crippen molar-refractivity contribution in [1.29, 1.82) is 0 Å². The van der Waals surface area contributed by atoms with Crippen LogP contribution < -0.4 is 11.3 Å². The standard InChI is InChI=1S/C9H10N4OS/c1-5-11-6(4-15-5)2-8-12-7(10)3-9(14)13-8/h3-4H,2H2,1H3,(H3,10,12,13,14). The molecule has 0 radical (unpaired) electrons. The Morgan fingerprint density at radius 2 is 2.33 bits per heavy atom. The van der Waals surface area contributed by atoms with Crippen LogP contribution in [-0.4, -0.2) is 15.0 Å². The lowest BCUT2D eigenvalue weighted by molar-refractivity contribution is 0.928. The van der Waals surface area contributed by atoms with Crippen LogP contribution in [0.2, 0.25) is 0 Å². The fraction of sp³-hybridized carbons (Fsp3) is 0.222. The van der Waals surface area contributed by atoms with E-state index >= 15 is 0 Å². The summed E-state index contributed by atoms with van der Waals surface area (Å²) >= 11 is 1.57. The third-order valence-corrected chi connectivity index (χ3v) is 2.65. The van der Waals surface area contributed by atoms with Crippen LogP contribution >= 0.6 is 11.3 Å². The summed E-state index contributed by atoms with van der Waals surface area (Å²) in [6.45, 7) is 1.93. The molecule has 0 unspecified atom stereocenters. The Hall–Kier alpha value is -1.69. The second-order valence-electron chi connectivity index (χ2n) is 3.15. The number of H-pyrrole nitrogens is 1. The molecule has 0 amide bonds. The van der Waals surface area contributed by atoms with Gasteiger partial charge in [-0.25, -0.2) is 9.97 Å². The molecule has 0 aromatic carbocycles. The van der Waals surface area contributed by atoms with Gasteiger partial charge in [-0.15, -0.1) is 11.3 Å². The second-order valence-corrected chi connectivity index (χ2v) is 4.21. The van der Waals surface area contributed by atoms with E-state index in [2.05, 4.69) is 15.0 Å². The molecule has 0 aliphatic rings. The second kappa shape index (κ2) is 3.82. The van der Waals surface area contributed by atoms with Crippen LogP contribution in [0, 0.1) is 6.92 Å². The van der Waals surface area contributed by atoms with Crippen molar-refractivity contribution < 1.29 is 0 Å². The molecule has 0 saturated carbocycles. The highest BCUT2D eigenvalue weighted by Crippen LogP contribution is 2.10. The summed E-state index contributed by atoms with van der Waals surface area (Å²) in [7, 11) is 0. The van der Waals surface area contributed by atoms with Gasteiger partial charge in [0.25, 0.3) is 5.56 Å². The Morgan fingerprint density at radius 3 is 2.93 bits per heavy atom. The number of anilines is 1. The zero-order chi connectivity index (χ0) is 10.8. The first-order valence-corrected chi connectivity index (χ1v) is 5.28. The van der Waals surface area contributed by atoms with Crippen molar-refractivity contribution in [3.05, 3.63) is 38.3 Å². The van der Waals surface area contributed by atoms with Crippen LogP contribution in [0.15, 0.2) is 16.2 Å². The molecule has 3 N–H and O–H groups in total. The van der Waals surface area contributed by atoms with E-state index in [0.717, 1.165) is 10.7 Å². The Kier molecular flexibility index (Phi) is 2.51. The number of aromatic amines is 1. The average molecular weight is 222 g/mol. The maximum absolute atomic E-state index is 11.1. The minimum absolute atomic E-state index is 0.232. The van der Waals surface area contributed by atoms with Crippen LogP contribution in [0.4, 0.5) is 5.82 Å². The topological polar surface area (TPSA) is 84.7 Å². The number of aryl methyl sites for hydroxylation is 1. The van der Waals surface area contributed by atoms with Crippen molar-refractivity contribution in [3.8, 4) is 0 Å². The van der Waals surface area contributed by atoms with Crippen molar-refractivity contribution in [2.45, 2.75) is 13.3 Å². The molecule has 2 heterocycles. The van der Waals surface area contributed by atoms with Gasteiger partial charge in [-0.2, -0.15) is 0 Å². The molecule has 2 aromatic rings. The van der Waals surface area contributed by atoms with Crippen LogP contribution in [-0.2, 0) is 6.42 Å². The van der Waals surface area contributed by atoms with Crippen LogP contribution in [0.5, 0.6) is 0 Å². The summed E-state index contributed by atoms with van der Waals surface area (Å²) in [4.78, 5) is 22.0. The first kappa shape index (κ1) is 9.85. The van der Waals surface area contributed by atoms with Crippen molar-refractivity contribution >= 4 is 17.2 Å². The van der Waals surface area contributed by atoms with Gasteiger partial charge in [-0.1, -0.05) is 0 Å². The molecule has 78 valence electrons. The van der Waals surface area contributed by atoms with E-state index in [4.69, 9.17) is 5.73 Å². The minimum Gasteiger partial charge on any atom is -0.383 e. The van der Waals surface area contributed by atoms with E-state index in [1.807, 2.05) is 12.3 Å². The number of nitrogens with two attached hydrogens (primary N) is 1. The van der Waals surface area contributed by atoms with E-state index < -0.39 is 0 Å². The fourth-order valence-electron chi connectivity index (χ4n) is 1.27. The number of nitrogens with one attached hydrogen (secondary N) is 1. The number of aromatic nitrogens is 3. The highest BCUT2D eigenvalue weighted by Gasteiger charge is 2.03. The van der Waals surface area contributed by atoms with Crippen molar-refractivity contribution in [3.63, 3.8) is 0 Å². The van der Waals surface area contributed by atoms with Gasteiger partial charge in [0.15, 0.2) is 0 Å². The average Bonchev–Trinajstić information content (AvgIpc) is 2.49. The van der Waals surface area contributed by atoms with E-state index in [1.54, 1.807) is 11.3 Å². The summed E-state index contributed by atoms with van der Waals surface area (Å²) in [5.41, 5.74) is 6.13. The fourth-order valence-corrected chi connectivity index (χ4v) is 1.89. The van der Waals surface area contributed by atoms with E-state index in [9.17, 15) is 4.79 Å². The molecule has 0 saturated heterocycles. The molecule has 2 rings (SSSR count). The van der Waals surface area contributed by atoms with Crippen LogP contribution in [0.25, 0.3) is 0 Å². The molecule has 0 spiro atoms. The van der Waals surface area contributed by atoms with Crippen molar-refractivity contribution in [2.75, 3.05) is 5.73 Å². The largest absolute Gasteiger partial charge is 0.383 e. The summed E-state index contributed by atoms with van der Waals surface area (Å²) in [5, 5.41) is 2.94. The number of hydrogen-bond acceptors (Lipinski definition) is 5. The van der Waals surface area contributed by atoms with Gasteiger partial charge in [0, 0.05) is 17.9 Å². The summed E-state index contributed by atoms with van der Waals surface area (Å²) in [6.07, 6.45) is 0.505. The Balaban J connectivity index is 2.28. The Morgan fingerprint density at radius 1 is 1.53 bits per heavy atom. The minimum atomic E-state index is -0.232. The van der Waals surface area contributed by atoms with E-state index in [1.165, 1.54) is 6.07 Å². The van der Waals surface area contributed by atoms with Gasteiger partial charge in [-0.3, -0.25) is 4.79 Å². The Bertz CT molecular complexity index is 531. The molecule has 6 heteroatoms. The molecule has 0 aliphatic carbocycles. The molecule has 5 nitrogen and oxygen atoms in total. The number of hydrogen-bond donors (Lipinski definition) is 2. The SMILES string of the molecule is Cc1nc(Cc2nc(N)cc(=O)[nH]2)cs1. The predicted molar refractivity (Wildman–Crippen MR) is 58.9 cm³/mol. The lowest BCUT2D eigenvalue weighted by Gasteiger charge is -1.98. The number of rotatable bonds is 2. The molecule has 2 aromatic heterocycles. The maximum atomic E-state index is 11.1. The van der Waals surface area contributed by atoms with Crippen molar-refractivity contribution in [1.82, 2.24) is 15.0 Å². The molecule has 0 atom stereocenters. The molecular formula is C9H10N4OS. The molecular weight excluding hydrogens is 212 g/mol. The zero-order valence-electron chi connectivity index (χ0n) is 8.15. The monoisotopic (exact) mass is 222 g/mol. The molecule has 0 bridgehead atoms. The molecule has 15 heavy (non-hydrogen) atoms. The predicted octanol–water partition coefficient (Wildman–Crippen LogP) is 0.708. The van der Waals surface area contributed by atoms with Crippen molar-refractivity contribution in [2.24, 2.45) is 0 Å². The summed E-state index contributed by atoms with van der Waals surface area (Å²) < 4.78 is 0. The van der Waals surface area contributed by atoms with E-state index in [0.29, 0.717) is 12.2 Å². The third kappa shape index (κ3) is 2.41. The zero-order valence-corrected chi connectivity index (χ0v) is 8.97. The smallest absolute Gasteiger partial charge is 0.252 e. The number of nitrogen functional groups attached to an aromatic ring is 1. The van der Waals surface area contributed by atoms with Gasteiger partial charge in [-0.05, 0) is 6.92 Å². The Labute approximate surface area is 90.0 Å². The summed E-state index contributed by atoms with van der Waals surface area (Å²) in [5.74, 6) is 0.783. The lowest BCUT2D eigenvalue weighted by Crippen LogP contribution is -2.12. The van der Waals surface area contributed by atoms with Crippen LogP contribution in [0.1, 0.15) is 16.5 Å². The highest BCUT2D eigenvalue weighted by molar-refractivity contribution is 7.09. The highest BCUT2D eigenvalue weighted by atomic mass is 32.1. The van der Waals surface area contributed by atoms with Gasteiger partial charge in [0.2, 0.25) is 0 Å². The van der Waals surface area contributed by atoms with E-state index in [-0.39, 0.29) is 11.4 Å². The lowest BCUT2D eigenvalue weighted by atomic mass is 10.3. The van der Waals surface area contributed by atoms with Gasteiger partial charge >= 0.3 is 0 Å². The van der Waals surface area contributed by atoms with Crippen LogP contribution in [0.3, 0.4) is 0 Å². The van der Waals surface area contributed by atoms with Gasteiger partial charge in [0.05, 0.1) is 10.7 Å². The molecule has 0 fully saturated rings. The molecule has 0 aliphatic heterocycles. The van der Waals surface area contributed by atoms with Gasteiger partial charge in [0.1, 0.15) is 11.6 Å². The summed E-state index contributed by atoms with van der Waals surface area (Å²) in [6, 6.07) is 1.26. The maximum Gasteiger partial charge on any atom is 0.252 e. The normalized spacial score (nSPS) is 10.5. The number of thiazole rings is 1. The quantitative estimate of drug-likeness (QED) is 0.783. The third-order valence-electron chi connectivity index (χ3n) is 1.83. The number of nitrogens with zero attached hydrogens (tertiary/aromatic N) is 2. The first-order valence-electron chi connectivity index (χ1n) is 4.40. The van der Waals surface area contributed by atoms with Gasteiger partial charge < -0.3 is 10.7 Å². The first-order chi connectivity index (χ1) is 7.13.